The van der Waals surface area contributed by atoms with Gasteiger partial charge in [-0.05, 0) is 36.8 Å². The highest BCUT2D eigenvalue weighted by Crippen LogP contribution is 2.31. The molecule has 0 spiro atoms. The number of aromatic nitrogens is 2. The molecule has 1 aromatic heterocycles. The fourth-order valence-electron chi connectivity index (χ4n) is 3.16. The van der Waals surface area contributed by atoms with Gasteiger partial charge < -0.3 is 19.1 Å². The van der Waals surface area contributed by atoms with Crippen LogP contribution in [0.1, 0.15) is 18.3 Å². The van der Waals surface area contributed by atoms with E-state index in [0.29, 0.717) is 5.75 Å². The quantitative estimate of drug-likeness (QED) is 0.502. The van der Waals surface area contributed by atoms with Gasteiger partial charge >= 0.3 is 12.1 Å². The Balaban J connectivity index is 1.68. The van der Waals surface area contributed by atoms with Crippen molar-refractivity contribution in [2.75, 3.05) is 13.2 Å². The van der Waals surface area contributed by atoms with Gasteiger partial charge in [0.1, 0.15) is 18.2 Å². The van der Waals surface area contributed by atoms with Crippen molar-refractivity contribution in [2.45, 2.75) is 32.2 Å². The number of fused-ring (bicyclic) bond motifs is 1. The number of hydrogen-bond acceptors (Lipinski definition) is 4. The van der Waals surface area contributed by atoms with Gasteiger partial charge in [-0.15, -0.1) is 0 Å². The van der Waals surface area contributed by atoms with Crippen LogP contribution in [-0.4, -0.2) is 39.9 Å². The second kappa shape index (κ2) is 9.34. The molecule has 3 aromatic rings. The fraction of sp³-hybridized carbons (Fsp3) is 0.333. The maximum Gasteiger partial charge on any atom is 0.449 e. The molecule has 31 heavy (non-hydrogen) atoms. The third-order valence-corrected chi connectivity index (χ3v) is 4.54. The third kappa shape index (κ3) is 5.52. The summed E-state index contributed by atoms with van der Waals surface area (Å²) in [7, 11) is 0. The molecule has 0 radical (unpaired) electrons. The lowest BCUT2D eigenvalue weighted by Gasteiger charge is -2.14. The maximum atomic E-state index is 13.4. The number of halogens is 4. The average molecular weight is 440 g/mol. The predicted octanol–water partition coefficient (Wildman–Crippen LogP) is 4.31. The number of aliphatic carboxylic acids is 1. The molecule has 0 bridgehead atoms. The zero-order valence-electron chi connectivity index (χ0n) is 16.5. The van der Waals surface area contributed by atoms with Crippen molar-refractivity contribution in [2.24, 2.45) is 0 Å². The van der Waals surface area contributed by atoms with E-state index in [1.807, 2.05) is 0 Å². The summed E-state index contributed by atoms with van der Waals surface area (Å²) >= 11 is 0. The lowest BCUT2D eigenvalue weighted by molar-refractivity contribution is -0.150. The van der Waals surface area contributed by atoms with Gasteiger partial charge in [-0.1, -0.05) is 12.1 Å². The van der Waals surface area contributed by atoms with Gasteiger partial charge in [0.15, 0.2) is 6.10 Å². The van der Waals surface area contributed by atoms with Crippen LogP contribution < -0.4 is 4.74 Å². The van der Waals surface area contributed by atoms with Gasteiger partial charge in [0.05, 0.1) is 17.6 Å². The van der Waals surface area contributed by atoms with Crippen molar-refractivity contribution in [1.29, 1.82) is 0 Å². The Morgan fingerprint density at radius 2 is 1.90 bits per heavy atom. The van der Waals surface area contributed by atoms with Crippen LogP contribution in [0.5, 0.6) is 5.75 Å². The summed E-state index contributed by atoms with van der Waals surface area (Å²) in [5, 5.41) is 9.14. The molecular formula is C21H20F4N2O4. The number of carboxylic acid groups (broad SMARTS) is 1. The van der Waals surface area contributed by atoms with Crippen molar-refractivity contribution in [1.82, 2.24) is 9.55 Å². The van der Waals surface area contributed by atoms with Crippen LogP contribution in [0.25, 0.3) is 11.0 Å². The summed E-state index contributed by atoms with van der Waals surface area (Å²) in [6, 6.07) is 9.82. The van der Waals surface area contributed by atoms with E-state index in [9.17, 15) is 22.4 Å². The highest BCUT2D eigenvalue weighted by Gasteiger charge is 2.37. The molecule has 2 aromatic carbocycles. The normalized spacial score (nSPS) is 12.8. The first-order chi connectivity index (χ1) is 14.7. The summed E-state index contributed by atoms with van der Waals surface area (Å²) in [5.41, 5.74) is 0.789. The first-order valence-electron chi connectivity index (χ1n) is 9.48. The second-order valence-electron chi connectivity index (χ2n) is 6.70. The monoisotopic (exact) mass is 440 g/mol. The second-order valence-corrected chi connectivity index (χ2v) is 6.70. The average Bonchev–Trinajstić information content (AvgIpc) is 3.07. The Morgan fingerprint density at radius 3 is 2.52 bits per heavy atom. The fourth-order valence-corrected chi connectivity index (χ4v) is 3.16. The summed E-state index contributed by atoms with van der Waals surface area (Å²) < 4.78 is 65.0. The van der Waals surface area contributed by atoms with E-state index < -0.39 is 29.9 Å². The van der Waals surface area contributed by atoms with Crippen molar-refractivity contribution in [3.8, 4) is 5.75 Å². The minimum atomic E-state index is -4.70. The van der Waals surface area contributed by atoms with Gasteiger partial charge in [-0.25, -0.2) is 14.2 Å². The summed E-state index contributed by atoms with van der Waals surface area (Å²) in [6.45, 7) is 1.75. The molecular weight excluding hydrogens is 420 g/mol. The van der Waals surface area contributed by atoms with Gasteiger partial charge in [0.25, 0.3) is 0 Å². The third-order valence-electron chi connectivity index (χ3n) is 4.54. The molecule has 10 heteroatoms. The van der Waals surface area contributed by atoms with E-state index in [4.69, 9.17) is 14.6 Å². The Bertz CT molecular complexity index is 1050. The van der Waals surface area contributed by atoms with Crippen LogP contribution in [0.15, 0.2) is 42.5 Å². The molecule has 0 saturated heterocycles. The lowest BCUT2D eigenvalue weighted by Crippen LogP contribution is -2.26. The van der Waals surface area contributed by atoms with Crippen LogP contribution in [0.2, 0.25) is 0 Å². The SMILES string of the molecule is CCOC(Cc1ccc(OCCn2c(C(F)(F)F)nc3cc(F)ccc32)cc1)C(=O)O. The number of carbonyl (C=O) groups is 1. The standard InChI is InChI=1S/C21H20F4N2O4/c1-2-30-18(19(28)29)11-13-3-6-15(7-4-13)31-10-9-27-17-8-5-14(22)12-16(17)26-20(27)21(23,24)25/h3-8,12,18H,2,9-11H2,1H3,(H,28,29). The van der Waals surface area contributed by atoms with Gasteiger partial charge in [0, 0.05) is 19.1 Å². The van der Waals surface area contributed by atoms with Crippen LogP contribution in [0.3, 0.4) is 0 Å². The molecule has 0 aliphatic heterocycles. The Kier molecular flexibility index (Phi) is 6.79. The molecule has 1 unspecified atom stereocenters. The molecule has 0 aliphatic rings. The number of rotatable bonds is 9. The molecule has 0 amide bonds. The number of nitrogens with zero attached hydrogens (tertiary/aromatic N) is 2. The van der Waals surface area contributed by atoms with Crippen LogP contribution in [0.4, 0.5) is 17.6 Å². The molecule has 0 fully saturated rings. The first-order valence-corrected chi connectivity index (χ1v) is 9.48. The van der Waals surface area contributed by atoms with E-state index in [2.05, 4.69) is 4.98 Å². The topological polar surface area (TPSA) is 73.6 Å². The van der Waals surface area contributed by atoms with Crippen molar-refractivity contribution in [3.63, 3.8) is 0 Å². The molecule has 0 aliphatic carbocycles. The molecule has 1 N–H and O–H groups in total. The number of imidazole rings is 1. The molecule has 1 heterocycles. The van der Waals surface area contributed by atoms with Crippen LogP contribution >= 0.6 is 0 Å². The number of carboxylic acids is 1. The van der Waals surface area contributed by atoms with Crippen molar-refractivity contribution in [3.05, 3.63) is 59.7 Å². The molecule has 0 saturated carbocycles. The minimum Gasteiger partial charge on any atom is -0.492 e. The van der Waals surface area contributed by atoms with Crippen LogP contribution in [0, 0.1) is 5.82 Å². The smallest absolute Gasteiger partial charge is 0.449 e. The van der Waals surface area contributed by atoms with E-state index in [1.54, 1.807) is 31.2 Å². The van der Waals surface area contributed by atoms with Crippen molar-refractivity contribution >= 4 is 17.0 Å². The Labute approximate surface area is 175 Å². The molecule has 6 nitrogen and oxygen atoms in total. The summed E-state index contributed by atoms with van der Waals surface area (Å²) in [4.78, 5) is 14.7. The lowest BCUT2D eigenvalue weighted by atomic mass is 10.1. The van der Waals surface area contributed by atoms with E-state index in [1.165, 1.54) is 6.07 Å². The first kappa shape index (κ1) is 22.5. The zero-order chi connectivity index (χ0) is 22.6. The maximum absolute atomic E-state index is 13.4. The molecule has 3 rings (SSSR count). The van der Waals surface area contributed by atoms with E-state index >= 15 is 0 Å². The van der Waals surface area contributed by atoms with Gasteiger partial charge in [-0.3, -0.25) is 0 Å². The summed E-state index contributed by atoms with van der Waals surface area (Å²) in [5.74, 6) is -2.44. The molecule has 166 valence electrons. The number of hydrogen-bond donors (Lipinski definition) is 1. The Hall–Kier alpha value is -3.14. The summed E-state index contributed by atoms with van der Waals surface area (Å²) in [6.07, 6.45) is -5.48. The minimum absolute atomic E-state index is 0.0814. The largest absolute Gasteiger partial charge is 0.492 e. The van der Waals surface area contributed by atoms with Gasteiger partial charge in [0.2, 0.25) is 5.82 Å². The molecule has 1 atom stereocenters. The van der Waals surface area contributed by atoms with E-state index in [0.717, 1.165) is 22.3 Å². The van der Waals surface area contributed by atoms with Gasteiger partial charge in [-0.2, -0.15) is 13.2 Å². The predicted molar refractivity (Wildman–Crippen MR) is 103 cm³/mol. The van der Waals surface area contributed by atoms with Crippen LogP contribution in [-0.2, 0) is 28.7 Å². The number of benzene rings is 2. The van der Waals surface area contributed by atoms with E-state index in [-0.39, 0.29) is 37.2 Å². The Morgan fingerprint density at radius 1 is 1.19 bits per heavy atom. The van der Waals surface area contributed by atoms with Crippen molar-refractivity contribution < 1.29 is 36.9 Å². The number of ether oxygens (including phenoxy) is 2. The highest BCUT2D eigenvalue weighted by atomic mass is 19.4. The number of alkyl halides is 3. The highest BCUT2D eigenvalue weighted by molar-refractivity contribution is 5.76. The zero-order valence-corrected chi connectivity index (χ0v) is 16.5.